The molecule has 0 unspecified atom stereocenters. The second-order valence-corrected chi connectivity index (χ2v) is 6.19. The van der Waals surface area contributed by atoms with Crippen molar-refractivity contribution in [3.63, 3.8) is 0 Å². The number of nitrogen functional groups attached to an aromatic ring is 1. The lowest BCUT2D eigenvalue weighted by Crippen LogP contribution is -2.42. The van der Waals surface area contributed by atoms with E-state index in [0.717, 1.165) is 5.56 Å². The van der Waals surface area contributed by atoms with E-state index >= 15 is 0 Å². The SMILES string of the molecule is COC(=O)c1cc2c(=O)n3cc(C)ccc3nc2[n+](Cc2ccco2)c1N. The number of carbonyl (C=O) groups excluding carboxylic acids is 1. The van der Waals surface area contributed by atoms with Crippen LogP contribution >= 0.6 is 0 Å². The van der Waals surface area contributed by atoms with Gasteiger partial charge in [0.25, 0.3) is 11.2 Å². The Morgan fingerprint density at radius 1 is 1.37 bits per heavy atom. The molecule has 4 aromatic rings. The molecule has 0 bridgehead atoms. The second-order valence-electron chi connectivity index (χ2n) is 6.19. The molecular weight excluding hydrogens is 348 g/mol. The molecule has 136 valence electrons. The van der Waals surface area contributed by atoms with Crippen LogP contribution in [0.3, 0.4) is 0 Å². The molecule has 27 heavy (non-hydrogen) atoms. The van der Waals surface area contributed by atoms with Gasteiger partial charge < -0.3 is 14.9 Å². The average molecular weight is 365 g/mol. The summed E-state index contributed by atoms with van der Waals surface area (Å²) in [5.41, 5.74) is 7.80. The summed E-state index contributed by atoms with van der Waals surface area (Å²) in [6.07, 6.45) is 3.24. The monoisotopic (exact) mass is 365 g/mol. The Kier molecular flexibility index (Phi) is 3.88. The smallest absolute Gasteiger partial charge is 0.344 e. The molecule has 0 aliphatic rings. The van der Waals surface area contributed by atoms with Crippen LogP contribution in [-0.4, -0.2) is 22.5 Å². The third-order valence-corrected chi connectivity index (χ3v) is 4.40. The van der Waals surface area contributed by atoms with Gasteiger partial charge in [-0.25, -0.2) is 9.36 Å². The highest BCUT2D eigenvalue weighted by Gasteiger charge is 2.25. The summed E-state index contributed by atoms with van der Waals surface area (Å²) < 4.78 is 13.3. The van der Waals surface area contributed by atoms with Gasteiger partial charge in [0.05, 0.1) is 13.4 Å². The summed E-state index contributed by atoms with van der Waals surface area (Å²) in [4.78, 5) is 29.9. The number of carbonyl (C=O) groups is 1. The van der Waals surface area contributed by atoms with Crippen LogP contribution in [0.4, 0.5) is 5.82 Å². The molecule has 0 aromatic carbocycles. The first-order chi connectivity index (χ1) is 13.0. The summed E-state index contributed by atoms with van der Waals surface area (Å²) in [7, 11) is 1.26. The molecule has 0 saturated carbocycles. The average Bonchev–Trinajstić information content (AvgIpc) is 3.17. The third-order valence-electron chi connectivity index (χ3n) is 4.40. The first kappa shape index (κ1) is 16.8. The number of rotatable bonds is 3. The molecule has 0 aliphatic heterocycles. The van der Waals surface area contributed by atoms with Gasteiger partial charge in [-0.1, -0.05) is 11.1 Å². The summed E-state index contributed by atoms with van der Waals surface area (Å²) in [5, 5.41) is 0.263. The Morgan fingerprint density at radius 3 is 2.89 bits per heavy atom. The second kappa shape index (κ2) is 6.24. The van der Waals surface area contributed by atoms with Gasteiger partial charge in [0.15, 0.2) is 0 Å². The fourth-order valence-corrected chi connectivity index (χ4v) is 3.05. The summed E-state index contributed by atoms with van der Waals surface area (Å²) in [6.45, 7) is 2.10. The molecule has 0 amide bonds. The maximum Gasteiger partial charge on any atom is 0.344 e. The van der Waals surface area contributed by atoms with Crippen LogP contribution in [0, 0.1) is 6.92 Å². The van der Waals surface area contributed by atoms with Crippen LogP contribution in [0.25, 0.3) is 16.7 Å². The number of esters is 1. The Balaban J connectivity index is 2.12. The number of hydrogen-bond acceptors (Lipinski definition) is 6. The lowest BCUT2D eigenvalue weighted by atomic mass is 10.2. The van der Waals surface area contributed by atoms with Crippen molar-refractivity contribution in [2.24, 2.45) is 0 Å². The number of pyridine rings is 2. The minimum Gasteiger partial charge on any atom is -0.466 e. The van der Waals surface area contributed by atoms with E-state index in [4.69, 9.17) is 14.9 Å². The van der Waals surface area contributed by atoms with Crippen molar-refractivity contribution >= 4 is 28.5 Å². The van der Waals surface area contributed by atoms with E-state index in [-0.39, 0.29) is 28.9 Å². The topological polar surface area (TPSA) is 104 Å². The van der Waals surface area contributed by atoms with Gasteiger partial charge in [-0.05, 0) is 36.8 Å². The van der Waals surface area contributed by atoms with Crippen LogP contribution in [0.15, 0.2) is 52.0 Å². The fraction of sp³-hybridized carbons (Fsp3) is 0.158. The van der Waals surface area contributed by atoms with E-state index in [1.807, 2.05) is 13.0 Å². The zero-order valence-corrected chi connectivity index (χ0v) is 14.8. The molecule has 0 saturated heterocycles. The highest BCUT2D eigenvalue weighted by atomic mass is 16.5. The van der Waals surface area contributed by atoms with E-state index in [0.29, 0.717) is 17.1 Å². The van der Waals surface area contributed by atoms with Crippen molar-refractivity contribution < 1.29 is 18.5 Å². The Hall–Kier alpha value is -3.68. The van der Waals surface area contributed by atoms with E-state index in [2.05, 4.69) is 4.98 Å². The van der Waals surface area contributed by atoms with Crippen molar-refractivity contribution in [3.8, 4) is 0 Å². The fourth-order valence-electron chi connectivity index (χ4n) is 3.05. The molecular formula is C19H17N4O4+. The van der Waals surface area contributed by atoms with Gasteiger partial charge in [0, 0.05) is 6.20 Å². The van der Waals surface area contributed by atoms with E-state index in [9.17, 15) is 9.59 Å². The minimum absolute atomic E-state index is 0.100. The Bertz CT molecular complexity index is 1240. The molecule has 4 heterocycles. The molecule has 0 spiro atoms. The third kappa shape index (κ3) is 2.71. The summed E-state index contributed by atoms with van der Waals surface area (Å²) in [5.74, 6) is 0.131. The van der Waals surface area contributed by atoms with Crippen LogP contribution in [0.1, 0.15) is 21.7 Å². The normalized spacial score (nSPS) is 11.2. The molecule has 4 aromatic heterocycles. The van der Waals surface area contributed by atoms with E-state index in [1.165, 1.54) is 17.6 Å². The zero-order chi connectivity index (χ0) is 19.1. The quantitative estimate of drug-likeness (QED) is 0.335. The van der Waals surface area contributed by atoms with Gasteiger partial charge in [0.2, 0.25) is 11.5 Å². The lowest BCUT2D eigenvalue weighted by Gasteiger charge is -2.10. The van der Waals surface area contributed by atoms with Crippen molar-refractivity contribution in [1.29, 1.82) is 0 Å². The minimum atomic E-state index is -0.628. The number of aromatic nitrogens is 3. The predicted octanol–water partition coefficient (Wildman–Crippen LogP) is 1.45. The number of fused-ring (bicyclic) bond motifs is 2. The first-order valence-electron chi connectivity index (χ1n) is 8.25. The largest absolute Gasteiger partial charge is 0.466 e. The van der Waals surface area contributed by atoms with Gasteiger partial charge in [0.1, 0.15) is 23.3 Å². The van der Waals surface area contributed by atoms with Crippen molar-refractivity contribution in [2.45, 2.75) is 13.5 Å². The van der Waals surface area contributed by atoms with Crippen LogP contribution in [0.2, 0.25) is 0 Å². The molecule has 0 aliphatic carbocycles. The van der Waals surface area contributed by atoms with Crippen molar-refractivity contribution in [3.05, 3.63) is 70.0 Å². The summed E-state index contributed by atoms with van der Waals surface area (Å²) >= 11 is 0. The molecule has 0 fully saturated rings. The van der Waals surface area contributed by atoms with Crippen LogP contribution in [0.5, 0.6) is 0 Å². The van der Waals surface area contributed by atoms with Gasteiger partial charge >= 0.3 is 5.97 Å². The van der Waals surface area contributed by atoms with Crippen molar-refractivity contribution in [2.75, 3.05) is 12.8 Å². The molecule has 0 atom stereocenters. The Morgan fingerprint density at radius 2 is 2.19 bits per heavy atom. The number of furan rings is 1. The maximum atomic E-state index is 13.1. The molecule has 4 rings (SSSR count). The number of anilines is 1. The highest BCUT2D eigenvalue weighted by molar-refractivity contribution is 5.96. The number of nitrogens with two attached hydrogens (primary N) is 1. The lowest BCUT2D eigenvalue weighted by molar-refractivity contribution is -0.651. The van der Waals surface area contributed by atoms with Crippen LogP contribution < -0.4 is 15.9 Å². The number of aryl methyl sites for hydroxylation is 1. The standard InChI is InChI=1S/C19H16N4O4/c1-11-5-6-15-21-17-14(18(24)22(15)9-11)8-13(19(25)26-2)16(20)23(17)10-12-4-3-7-27-12/h3-9,20H,10H2,1-2H3/p+1. The number of ether oxygens (including phenoxy) is 1. The van der Waals surface area contributed by atoms with Crippen LogP contribution in [-0.2, 0) is 11.3 Å². The molecule has 8 nitrogen and oxygen atoms in total. The van der Waals surface area contributed by atoms with E-state index < -0.39 is 5.97 Å². The van der Waals surface area contributed by atoms with Gasteiger partial charge in [-0.15, -0.1) is 0 Å². The predicted molar refractivity (Wildman–Crippen MR) is 97.5 cm³/mol. The van der Waals surface area contributed by atoms with Gasteiger partial charge in [-0.3, -0.25) is 9.20 Å². The molecule has 8 heteroatoms. The summed E-state index contributed by atoms with van der Waals surface area (Å²) in [6, 6.07) is 8.59. The maximum absolute atomic E-state index is 13.1. The van der Waals surface area contributed by atoms with E-state index in [1.54, 1.807) is 35.2 Å². The highest BCUT2D eigenvalue weighted by Crippen LogP contribution is 2.16. The number of hydrogen-bond donors (Lipinski definition) is 1. The zero-order valence-electron chi connectivity index (χ0n) is 14.8. The number of methoxy groups -OCH3 is 1. The molecule has 0 radical (unpaired) electrons. The molecule has 2 N–H and O–H groups in total. The van der Waals surface area contributed by atoms with Gasteiger partial charge in [-0.2, -0.15) is 0 Å². The number of nitrogens with zero attached hydrogens (tertiary/aromatic N) is 3. The Labute approximate surface area is 153 Å². The van der Waals surface area contributed by atoms with Crippen molar-refractivity contribution in [1.82, 2.24) is 9.38 Å². The first-order valence-corrected chi connectivity index (χ1v) is 8.25.